The van der Waals surface area contributed by atoms with Gasteiger partial charge in [0, 0.05) is 5.69 Å². The fourth-order valence-corrected chi connectivity index (χ4v) is 5.13. The predicted octanol–water partition coefficient (Wildman–Crippen LogP) is 6.05. The van der Waals surface area contributed by atoms with Gasteiger partial charge in [0.25, 0.3) is 0 Å². The van der Waals surface area contributed by atoms with Crippen molar-refractivity contribution in [2.45, 2.75) is 31.6 Å². The summed E-state index contributed by atoms with van der Waals surface area (Å²) in [5.74, 6) is -0.507. The molecule has 0 bridgehead atoms. The maximum absolute atomic E-state index is 14.5. The summed E-state index contributed by atoms with van der Waals surface area (Å²) in [5, 5.41) is 2.68. The largest absolute Gasteiger partial charge is 0.326 e. The Morgan fingerprint density at radius 3 is 2.53 bits per heavy atom. The molecule has 3 aromatic rings. The van der Waals surface area contributed by atoms with E-state index in [4.69, 9.17) is 0 Å². The van der Waals surface area contributed by atoms with E-state index in [0.717, 1.165) is 16.7 Å². The van der Waals surface area contributed by atoms with E-state index in [1.807, 2.05) is 68.4 Å². The Balaban J connectivity index is 1.52. The number of benzene rings is 3. The molecule has 32 heavy (non-hydrogen) atoms. The van der Waals surface area contributed by atoms with Gasteiger partial charge in [-0.1, -0.05) is 55.5 Å². The number of thioether (sulfide) groups is 1. The maximum atomic E-state index is 14.5. The van der Waals surface area contributed by atoms with E-state index in [9.17, 15) is 14.0 Å². The molecule has 0 spiro atoms. The lowest BCUT2D eigenvalue weighted by Gasteiger charge is -2.25. The number of anilines is 2. The topological polar surface area (TPSA) is 49.4 Å². The third-order valence-electron chi connectivity index (χ3n) is 5.62. The van der Waals surface area contributed by atoms with E-state index in [2.05, 4.69) is 5.32 Å². The summed E-state index contributed by atoms with van der Waals surface area (Å²) in [4.78, 5) is 26.9. The number of carbonyl (C=O) groups excluding carboxylic acids is 2. The molecule has 0 aliphatic carbocycles. The summed E-state index contributed by atoms with van der Waals surface area (Å²) in [6, 6.07) is 22.0. The zero-order valence-corrected chi connectivity index (χ0v) is 18.9. The zero-order valence-electron chi connectivity index (χ0n) is 18.0. The highest BCUT2D eigenvalue weighted by molar-refractivity contribution is 8.00. The van der Waals surface area contributed by atoms with Crippen LogP contribution in [0.15, 0.2) is 72.8 Å². The number of hydrogen-bond donors (Lipinski definition) is 1. The minimum atomic E-state index is -0.410. The molecule has 3 aromatic carbocycles. The number of nitrogens with zero attached hydrogens (tertiary/aromatic N) is 1. The van der Waals surface area contributed by atoms with Gasteiger partial charge in [0.15, 0.2) is 0 Å². The Labute approximate surface area is 191 Å². The molecular weight excluding hydrogens is 423 g/mol. The van der Waals surface area contributed by atoms with Gasteiger partial charge >= 0.3 is 0 Å². The second-order valence-electron chi connectivity index (χ2n) is 7.86. The van der Waals surface area contributed by atoms with E-state index < -0.39 is 5.82 Å². The Morgan fingerprint density at radius 2 is 1.84 bits per heavy atom. The van der Waals surface area contributed by atoms with Crippen LogP contribution in [0.4, 0.5) is 15.8 Å². The molecule has 1 N–H and O–H groups in total. The average Bonchev–Trinajstić information content (AvgIpc) is 3.18. The van der Waals surface area contributed by atoms with Crippen LogP contribution in [-0.2, 0) is 9.59 Å². The molecule has 4 rings (SSSR count). The SMILES string of the molecule is CC[C@H](C(=O)Nc1ccc([C@@H]2SCC(=O)N2c2cc(C)ccc2F)cc1)c1ccccc1. The van der Waals surface area contributed by atoms with Gasteiger partial charge in [-0.15, -0.1) is 11.8 Å². The van der Waals surface area contributed by atoms with Gasteiger partial charge in [-0.2, -0.15) is 0 Å². The second-order valence-corrected chi connectivity index (χ2v) is 8.93. The number of aryl methyl sites for hydroxylation is 1. The molecular formula is C26H25FN2O2S. The summed E-state index contributed by atoms with van der Waals surface area (Å²) in [7, 11) is 0. The van der Waals surface area contributed by atoms with E-state index >= 15 is 0 Å². The van der Waals surface area contributed by atoms with Crippen molar-refractivity contribution in [1.82, 2.24) is 0 Å². The van der Waals surface area contributed by atoms with Crippen molar-refractivity contribution in [3.8, 4) is 0 Å². The number of rotatable bonds is 6. The highest BCUT2D eigenvalue weighted by Crippen LogP contribution is 2.43. The van der Waals surface area contributed by atoms with Crippen LogP contribution in [0.1, 0.15) is 41.3 Å². The number of hydrogen-bond acceptors (Lipinski definition) is 3. The van der Waals surface area contributed by atoms with Crippen LogP contribution in [0, 0.1) is 12.7 Å². The van der Waals surface area contributed by atoms with Gasteiger partial charge in [-0.25, -0.2) is 4.39 Å². The molecule has 1 saturated heterocycles. The van der Waals surface area contributed by atoms with Crippen molar-refractivity contribution >= 4 is 35.0 Å². The molecule has 2 atom stereocenters. The van der Waals surface area contributed by atoms with Crippen LogP contribution in [0.3, 0.4) is 0 Å². The molecule has 0 saturated carbocycles. The lowest BCUT2D eigenvalue weighted by Crippen LogP contribution is -2.28. The van der Waals surface area contributed by atoms with Crippen LogP contribution in [-0.4, -0.2) is 17.6 Å². The molecule has 164 valence electrons. The van der Waals surface area contributed by atoms with Crippen LogP contribution in [0.25, 0.3) is 0 Å². The van der Waals surface area contributed by atoms with Crippen molar-refractivity contribution in [3.05, 3.63) is 95.3 Å². The van der Waals surface area contributed by atoms with E-state index in [1.165, 1.54) is 22.7 Å². The molecule has 1 aliphatic heterocycles. The quantitative estimate of drug-likeness (QED) is 0.500. The number of carbonyl (C=O) groups is 2. The monoisotopic (exact) mass is 448 g/mol. The van der Waals surface area contributed by atoms with Crippen LogP contribution >= 0.6 is 11.8 Å². The summed E-state index contributed by atoms with van der Waals surface area (Å²) in [6.07, 6.45) is 0.700. The summed E-state index contributed by atoms with van der Waals surface area (Å²) in [6.45, 7) is 3.87. The van der Waals surface area contributed by atoms with Gasteiger partial charge < -0.3 is 5.32 Å². The standard InChI is InChI=1S/C26H25FN2O2S/c1-3-21(18-7-5-4-6-8-18)25(31)28-20-12-10-19(11-13-20)26-29(24(30)16-32-26)23-15-17(2)9-14-22(23)27/h4-15,21,26H,3,16H2,1-2H3,(H,28,31)/t21-,26-/m0/s1. The highest BCUT2D eigenvalue weighted by atomic mass is 32.2. The van der Waals surface area contributed by atoms with E-state index in [-0.39, 0.29) is 23.1 Å². The first-order valence-corrected chi connectivity index (χ1v) is 11.7. The van der Waals surface area contributed by atoms with Gasteiger partial charge in [0.05, 0.1) is 17.4 Å². The molecule has 1 heterocycles. The Kier molecular flexibility index (Phi) is 6.61. The van der Waals surface area contributed by atoms with E-state index in [1.54, 1.807) is 12.1 Å². The Hall–Kier alpha value is -3.12. The van der Waals surface area contributed by atoms with Crippen molar-refractivity contribution in [1.29, 1.82) is 0 Å². The van der Waals surface area contributed by atoms with Crippen molar-refractivity contribution in [3.63, 3.8) is 0 Å². The molecule has 1 aliphatic rings. The van der Waals surface area contributed by atoms with Gasteiger partial charge in [-0.3, -0.25) is 14.5 Å². The first-order chi connectivity index (χ1) is 15.5. The van der Waals surface area contributed by atoms with Crippen LogP contribution in [0.5, 0.6) is 0 Å². The predicted molar refractivity (Wildman–Crippen MR) is 128 cm³/mol. The Bertz CT molecular complexity index is 1120. The summed E-state index contributed by atoms with van der Waals surface area (Å²) >= 11 is 1.47. The summed E-state index contributed by atoms with van der Waals surface area (Å²) < 4.78 is 14.5. The Morgan fingerprint density at radius 1 is 1.12 bits per heavy atom. The lowest BCUT2D eigenvalue weighted by atomic mass is 9.95. The molecule has 0 radical (unpaired) electrons. The normalized spacial score (nSPS) is 16.8. The summed E-state index contributed by atoms with van der Waals surface area (Å²) in [5.41, 5.74) is 3.76. The van der Waals surface area contributed by atoms with Crippen molar-refractivity contribution < 1.29 is 14.0 Å². The molecule has 0 aromatic heterocycles. The number of amides is 2. The number of nitrogens with one attached hydrogen (secondary N) is 1. The van der Waals surface area contributed by atoms with Crippen molar-refractivity contribution in [2.75, 3.05) is 16.0 Å². The third-order valence-corrected chi connectivity index (χ3v) is 6.83. The maximum Gasteiger partial charge on any atom is 0.238 e. The van der Waals surface area contributed by atoms with Crippen molar-refractivity contribution in [2.24, 2.45) is 0 Å². The minimum Gasteiger partial charge on any atom is -0.326 e. The fraction of sp³-hybridized carbons (Fsp3) is 0.231. The molecule has 6 heteroatoms. The molecule has 4 nitrogen and oxygen atoms in total. The zero-order chi connectivity index (χ0) is 22.7. The third kappa shape index (κ3) is 4.55. The van der Waals surface area contributed by atoms with Gasteiger partial charge in [-0.05, 0) is 54.3 Å². The van der Waals surface area contributed by atoms with E-state index in [0.29, 0.717) is 23.5 Å². The second kappa shape index (κ2) is 9.57. The molecule has 1 fully saturated rings. The minimum absolute atomic E-state index is 0.0553. The van der Waals surface area contributed by atoms with Crippen LogP contribution in [0.2, 0.25) is 0 Å². The smallest absolute Gasteiger partial charge is 0.238 e. The fourth-order valence-electron chi connectivity index (χ4n) is 3.96. The first-order valence-electron chi connectivity index (χ1n) is 10.6. The van der Waals surface area contributed by atoms with Gasteiger partial charge in [0.1, 0.15) is 11.2 Å². The molecule has 2 amide bonds. The highest BCUT2D eigenvalue weighted by Gasteiger charge is 2.35. The van der Waals surface area contributed by atoms with Gasteiger partial charge in [0.2, 0.25) is 11.8 Å². The lowest BCUT2D eigenvalue weighted by molar-refractivity contribution is -0.118. The first kappa shape index (κ1) is 22.1. The molecule has 0 unspecified atom stereocenters. The van der Waals surface area contributed by atoms with Crippen LogP contribution < -0.4 is 10.2 Å². The average molecular weight is 449 g/mol. The number of halogens is 1.